The molecule has 11 heteroatoms. The van der Waals surface area contributed by atoms with Crippen molar-refractivity contribution < 1.29 is 27.0 Å². The number of nitrogens with one attached hydrogen (secondary N) is 1. The second kappa shape index (κ2) is 11.9. The van der Waals surface area contributed by atoms with Crippen LogP contribution in [0.4, 0.5) is 4.79 Å². The van der Waals surface area contributed by atoms with Gasteiger partial charge in [-0.3, -0.25) is 4.68 Å². The molecule has 0 aliphatic carbocycles. The van der Waals surface area contributed by atoms with E-state index in [9.17, 15) is 4.79 Å². The summed E-state index contributed by atoms with van der Waals surface area (Å²) in [6, 6.07) is 2.07. The van der Waals surface area contributed by atoms with Crippen LogP contribution in [0.15, 0.2) is 10.7 Å². The fourth-order valence-corrected chi connectivity index (χ4v) is 3.12. The molecule has 1 amide bonds. The topological polar surface area (TPSA) is 113 Å². The van der Waals surface area contributed by atoms with Gasteiger partial charge in [0.2, 0.25) is 0 Å². The molecule has 29 heavy (non-hydrogen) atoms. The standard InChI is InChI=1S/C17H31BrN4O2.CH4O3S/c1-7-22(8-2,9-3)13-14-12-15(18)20-21(14)11-10-19-16(23)24-17(4,5)6;1-5(2,3)4/h12H,7-11,13H2,1-6H3;1H3,(H,2,3,4). The van der Waals surface area contributed by atoms with Crippen molar-refractivity contribution in [2.45, 2.75) is 60.2 Å². The van der Waals surface area contributed by atoms with E-state index in [-0.39, 0.29) is 0 Å². The highest BCUT2D eigenvalue weighted by Gasteiger charge is 2.24. The summed E-state index contributed by atoms with van der Waals surface area (Å²) in [5, 5.41) is 7.29. The van der Waals surface area contributed by atoms with Gasteiger partial charge in [-0.15, -0.1) is 0 Å². The molecule has 1 aromatic heterocycles. The molecule has 1 rings (SSSR count). The minimum absolute atomic E-state index is 0.393. The van der Waals surface area contributed by atoms with E-state index in [4.69, 9.17) is 17.7 Å². The highest BCUT2D eigenvalue weighted by Crippen LogP contribution is 2.18. The van der Waals surface area contributed by atoms with E-state index in [1.165, 1.54) is 5.69 Å². The number of rotatable bonds is 8. The molecule has 0 bridgehead atoms. The van der Waals surface area contributed by atoms with Crippen LogP contribution < -0.4 is 5.32 Å². The number of carbonyl (C=O) groups excluding carboxylic acids is 1. The van der Waals surface area contributed by atoms with Crippen molar-refractivity contribution in [2.75, 3.05) is 32.4 Å². The Kier molecular flexibility index (Phi) is 11.4. The maximum atomic E-state index is 11.7. The number of alkyl carbamates (subject to hydrolysis) is 1. The lowest BCUT2D eigenvalue weighted by Crippen LogP contribution is -2.47. The second-order valence-corrected chi connectivity index (χ2v) is 9.98. The third-order valence-corrected chi connectivity index (χ3v) is 4.72. The largest absolute Gasteiger partial charge is 0.748 e. The summed E-state index contributed by atoms with van der Waals surface area (Å²) in [7, 11) is -3.92. The van der Waals surface area contributed by atoms with Gasteiger partial charge in [0.1, 0.15) is 16.7 Å². The van der Waals surface area contributed by atoms with Crippen molar-refractivity contribution >= 4 is 32.1 Å². The van der Waals surface area contributed by atoms with Gasteiger partial charge in [-0.05, 0) is 63.5 Å². The van der Waals surface area contributed by atoms with E-state index < -0.39 is 21.8 Å². The Hall–Kier alpha value is -1.17. The Morgan fingerprint density at radius 2 is 1.76 bits per heavy atom. The van der Waals surface area contributed by atoms with E-state index >= 15 is 0 Å². The first-order valence-electron chi connectivity index (χ1n) is 9.59. The Bertz CT molecular complexity index is 724. The van der Waals surface area contributed by atoms with Gasteiger partial charge in [-0.2, -0.15) is 5.10 Å². The first-order valence-corrected chi connectivity index (χ1v) is 12.2. The summed E-state index contributed by atoms with van der Waals surface area (Å²) in [6.45, 7) is 17.6. The summed E-state index contributed by atoms with van der Waals surface area (Å²) in [6.07, 6.45) is 0.212. The molecule has 0 radical (unpaired) electrons. The molecule has 170 valence electrons. The SMILES string of the molecule is CC[N+](CC)(CC)Cc1cc(Br)nn1CCNC(=O)OC(C)(C)C.CS(=O)(=O)[O-]. The lowest BCUT2D eigenvalue weighted by atomic mass is 10.2. The van der Waals surface area contributed by atoms with Gasteiger partial charge < -0.3 is 19.1 Å². The molecule has 1 aromatic rings. The second-order valence-electron chi connectivity index (χ2n) is 7.76. The first kappa shape index (κ1) is 27.8. The Morgan fingerprint density at radius 1 is 1.28 bits per heavy atom. The lowest BCUT2D eigenvalue weighted by molar-refractivity contribution is -0.936. The highest BCUT2D eigenvalue weighted by molar-refractivity contribution is 9.10. The van der Waals surface area contributed by atoms with Crippen LogP contribution in [0.2, 0.25) is 0 Å². The van der Waals surface area contributed by atoms with Gasteiger partial charge in [-0.25, -0.2) is 13.2 Å². The molecule has 0 fully saturated rings. The van der Waals surface area contributed by atoms with Gasteiger partial charge in [-0.1, -0.05) is 0 Å². The zero-order valence-electron chi connectivity index (χ0n) is 18.5. The fraction of sp³-hybridized carbons (Fsp3) is 0.778. The molecule has 0 saturated carbocycles. The van der Waals surface area contributed by atoms with Crippen molar-refractivity contribution in [1.29, 1.82) is 0 Å². The number of aromatic nitrogens is 2. The number of hydrogen-bond donors (Lipinski definition) is 1. The van der Waals surface area contributed by atoms with Crippen molar-refractivity contribution in [3.63, 3.8) is 0 Å². The number of quaternary nitrogens is 1. The zero-order chi connectivity index (χ0) is 22.9. The molecule has 9 nitrogen and oxygen atoms in total. The molecule has 0 aromatic carbocycles. The van der Waals surface area contributed by atoms with Crippen molar-refractivity contribution in [1.82, 2.24) is 15.1 Å². The predicted octanol–water partition coefficient (Wildman–Crippen LogP) is 2.71. The van der Waals surface area contributed by atoms with Gasteiger partial charge >= 0.3 is 6.09 Å². The number of halogens is 1. The smallest absolute Gasteiger partial charge is 0.407 e. The molecule has 1 N–H and O–H groups in total. The monoisotopic (exact) mass is 498 g/mol. The Balaban J connectivity index is 0.00000139. The van der Waals surface area contributed by atoms with Gasteiger partial charge in [0, 0.05) is 12.8 Å². The molecule has 0 aliphatic heterocycles. The van der Waals surface area contributed by atoms with Crippen molar-refractivity contribution in [3.05, 3.63) is 16.4 Å². The average Bonchev–Trinajstić information content (AvgIpc) is 2.89. The quantitative estimate of drug-likeness (QED) is 0.435. The van der Waals surface area contributed by atoms with Crippen LogP contribution in [0.3, 0.4) is 0 Å². The maximum Gasteiger partial charge on any atom is 0.407 e. The third kappa shape index (κ3) is 12.9. The maximum absolute atomic E-state index is 11.7. The molecule has 0 aliphatic rings. The fourth-order valence-electron chi connectivity index (χ4n) is 2.67. The summed E-state index contributed by atoms with van der Waals surface area (Å²) in [4.78, 5) is 11.7. The van der Waals surface area contributed by atoms with Crippen LogP contribution in [0, 0.1) is 0 Å². The van der Waals surface area contributed by atoms with Gasteiger partial charge in [0.25, 0.3) is 0 Å². The minimum Gasteiger partial charge on any atom is -0.748 e. The summed E-state index contributed by atoms with van der Waals surface area (Å²) in [5.41, 5.74) is 0.697. The van der Waals surface area contributed by atoms with Crippen LogP contribution in [-0.2, 0) is 27.9 Å². The predicted molar refractivity (Wildman–Crippen MR) is 115 cm³/mol. The zero-order valence-corrected chi connectivity index (χ0v) is 20.9. The highest BCUT2D eigenvalue weighted by atomic mass is 79.9. The van der Waals surface area contributed by atoms with E-state index in [1.54, 1.807) is 0 Å². The first-order chi connectivity index (χ1) is 13.1. The van der Waals surface area contributed by atoms with E-state index in [1.807, 2.05) is 25.5 Å². The number of ether oxygens (including phenoxy) is 1. The van der Waals surface area contributed by atoms with Crippen LogP contribution >= 0.6 is 15.9 Å². The van der Waals surface area contributed by atoms with Gasteiger partial charge in [0.05, 0.1) is 42.0 Å². The van der Waals surface area contributed by atoms with Crippen molar-refractivity contribution in [3.8, 4) is 0 Å². The molecule has 1 heterocycles. The lowest BCUT2D eigenvalue weighted by Gasteiger charge is -2.35. The number of hydrogen-bond acceptors (Lipinski definition) is 6. The minimum atomic E-state index is -3.92. The van der Waals surface area contributed by atoms with E-state index in [0.717, 1.165) is 35.3 Å². The normalized spacial score (nSPS) is 12.2. The van der Waals surface area contributed by atoms with E-state index in [2.05, 4.69) is 53.2 Å². The number of nitrogens with zero attached hydrogens (tertiary/aromatic N) is 3. The van der Waals surface area contributed by atoms with Crippen LogP contribution in [-0.4, -0.2) is 71.4 Å². The number of amides is 1. The van der Waals surface area contributed by atoms with Crippen LogP contribution in [0.25, 0.3) is 0 Å². The molecular weight excluding hydrogens is 464 g/mol. The third-order valence-electron chi connectivity index (χ3n) is 4.34. The number of carbonyl (C=O) groups is 1. The molecule has 0 spiro atoms. The van der Waals surface area contributed by atoms with Gasteiger partial charge in [0.15, 0.2) is 0 Å². The summed E-state index contributed by atoms with van der Waals surface area (Å²) in [5.74, 6) is 0. The van der Waals surface area contributed by atoms with Crippen LogP contribution in [0.1, 0.15) is 47.2 Å². The Morgan fingerprint density at radius 3 is 2.17 bits per heavy atom. The van der Waals surface area contributed by atoms with Crippen molar-refractivity contribution in [2.24, 2.45) is 0 Å². The molecular formula is C18H35BrN4O5S. The molecule has 0 unspecified atom stereocenters. The summed E-state index contributed by atoms with van der Waals surface area (Å²) < 4.78 is 36.3. The molecule has 0 saturated heterocycles. The average molecular weight is 499 g/mol. The Labute approximate surface area is 183 Å². The molecule has 0 atom stereocenters. The van der Waals surface area contributed by atoms with Crippen LogP contribution in [0.5, 0.6) is 0 Å². The van der Waals surface area contributed by atoms with E-state index in [0.29, 0.717) is 19.3 Å². The summed E-state index contributed by atoms with van der Waals surface area (Å²) >= 11 is 3.47.